The fourth-order valence-electron chi connectivity index (χ4n) is 2.97. The lowest BCUT2D eigenvalue weighted by atomic mass is 9.81. The number of rotatable bonds is 5. The van der Waals surface area contributed by atoms with E-state index in [0.717, 1.165) is 31.9 Å². The number of nitrogens with zero attached hydrogens (tertiary/aromatic N) is 1. The fourth-order valence-corrected chi connectivity index (χ4v) is 2.97. The highest BCUT2D eigenvalue weighted by molar-refractivity contribution is 5.30. The quantitative estimate of drug-likeness (QED) is 0.881. The predicted octanol–water partition coefficient (Wildman–Crippen LogP) is 2.31. The molecular weight excluding hydrogens is 236 g/mol. The first-order valence-electron chi connectivity index (χ1n) is 7.26. The molecule has 0 aliphatic carbocycles. The number of benzene rings is 1. The van der Waals surface area contributed by atoms with Crippen molar-refractivity contribution in [3.8, 4) is 5.75 Å². The minimum absolute atomic E-state index is 0.288. The molecule has 0 atom stereocenters. The number of hydrogen-bond donors (Lipinski definition) is 1. The average molecular weight is 262 g/mol. The van der Waals surface area contributed by atoms with Crippen molar-refractivity contribution in [1.29, 1.82) is 0 Å². The summed E-state index contributed by atoms with van der Waals surface area (Å²) in [5.41, 5.74) is 1.66. The fraction of sp³-hybridized carbons (Fsp3) is 0.625. The third kappa shape index (κ3) is 3.48. The van der Waals surface area contributed by atoms with Gasteiger partial charge in [0.1, 0.15) is 5.75 Å². The Hall–Kier alpha value is -1.06. The van der Waals surface area contributed by atoms with Gasteiger partial charge in [0, 0.05) is 5.54 Å². The molecule has 1 N–H and O–H groups in total. The van der Waals surface area contributed by atoms with E-state index in [2.05, 4.69) is 42.5 Å². The maximum atomic E-state index is 5.60. The smallest absolute Gasteiger partial charge is 0.119 e. The molecule has 0 amide bonds. The van der Waals surface area contributed by atoms with E-state index in [1.165, 1.54) is 18.4 Å². The summed E-state index contributed by atoms with van der Waals surface area (Å²) in [6.45, 7) is 4.99. The van der Waals surface area contributed by atoms with Gasteiger partial charge >= 0.3 is 0 Å². The van der Waals surface area contributed by atoms with Gasteiger partial charge in [0.2, 0.25) is 0 Å². The largest absolute Gasteiger partial charge is 0.494 e. The third-order valence-corrected chi connectivity index (χ3v) is 4.23. The van der Waals surface area contributed by atoms with Crippen LogP contribution in [0.4, 0.5) is 0 Å². The van der Waals surface area contributed by atoms with Crippen molar-refractivity contribution in [2.24, 2.45) is 0 Å². The van der Waals surface area contributed by atoms with Crippen molar-refractivity contribution in [2.45, 2.75) is 31.7 Å². The molecule has 1 aromatic carbocycles. The number of piperidine rings is 1. The van der Waals surface area contributed by atoms with Crippen LogP contribution in [0.5, 0.6) is 5.75 Å². The maximum Gasteiger partial charge on any atom is 0.119 e. The van der Waals surface area contributed by atoms with Crippen molar-refractivity contribution in [3.05, 3.63) is 29.8 Å². The predicted molar refractivity (Wildman–Crippen MR) is 79.8 cm³/mol. The Bertz CT molecular complexity index is 397. The SMILES string of the molecule is CCOc1cccc(CC2(N(C)C)CCNCC2)c1. The van der Waals surface area contributed by atoms with Gasteiger partial charge in [-0.1, -0.05) is 12.1 Å². The lowest BCUT2D eigenvalue weighted by Gasteiger charge is -2.43. The molecule has 1 fully saturated rings. The first kappa shape index (κ1) is 14.4. The number of ether oxygens (including phenoxy) is 1. The molecule has 1 aliphatic heterocycles. The topological polar surface area (TPSA) is 24.5 Å². The van der Waals surface area contributed by atoms with E-state index in [-0.39, 0.29) is 5.54 Å². The summed E-state index contributed by atoms with van der Waals surface area (Å²) in [7, 11) is 4.41. The first-order chi connectivity index (χ1) is 9.16. The minimum atomic E-state index is 0.288. The van der Waals surface area contributed by atoms with Gasteiger partial charge in [-0.15, -0.1) is 0 Å². The summed E-state index contributed by atoms with van der Waals surface area (Å²) in [6.07, 6.45) is 3.51. The monoisotopic (exact) mass is 262 g/mol. The van der Waals surface area contributed by atoms with Gasteiger partial charge in [-0.3, -0.25) is 0 Å². The zero-order chi connectivity index (χ0) is 13.7. The van der Waals surface area contributed by atoms with Crippen molar-refractivity contribution in [1.82, 2.24) is 10.2 Å². The second kappa shape index (κ2) is 6.40. The first-order valence-corrected chi connectivity index (χ1v) is 7.26. The summed E-state index contributed by atoms with van der Waals surface area (Å²) in [6, 6.07) is 8.55. The minimum Gasteiger partial charge on any atom is -0.494 e. The summed E-state index contributed by atoms with van der Waals surface area (Å²) < 4.78 is 5.60. The Morgan fingerprint density at radius 3 is 2.63 bits per heavy atom. The molecule has 1 saturated heterocycles. The van der Waals surface area contributed by atoms with Crippen molar-refractivity contribution in [3.63, 3.8) is 0 Å². The molecule has 0 unspecified atom stereocenters. The molecule has 1 aromatic rings. The van der Waals surface area contributed by atoms with Crippen LogP contribution in [-0.2, 0) is 6.42 Å². The number of hydrogen-bond acceptors (Lipinski definition) is 3. The molecule has 3 nitrogen and oxygen atoms in total. The number of likely N-dealkylation sites (N-methyl/N-ethyl adjacent to an activating group) is 1. The van der Waals surface area contributed by atoms with E-state index < -0.39 is 0 Å². The van der Waals surface area contributed by atoms with Crippen LogP contribution in [0.1, 0.15) is 25.3 Å². The molecular formula is C16H26N2O. The van der Waals surface area contributed by atoms with Crippen molar-refractivity contribution < 1.29 is 4.74 Å². The highest BCUT2D eigenvalue weighted by Crippen LogP contribution is 2.29. The van der Waals surface area contributed by atoms with Gasteiger partial charge in [0.25, 0.3) is 0 Å². The van der Waals surface area contributed by atoms with E-state index in [0.29, 0.717) is 0 Å². The molecule has 1 heterocycles. The highest BCUT2D eigenvalue weighted by Gasteiger charge is 2.34. The Morgan fingerprint density at radius 2 is 2.00 bits per heavy atom. The van der Waals surface area contributed by atoms with Crippen LogP contribution in [0.2, 0.25) is 0 Å². The molecule has 106 valence electrons. The molecule has 0 radical (unpaired) electrons. The second-order valence-corrected chi connectivity index (χ2v) is 5.63. The zero-order valence-electron chi connectivity index (χ0n) is 12.4. The van der Waals surface area contributed by atoms with E-state index >= 15 is 0 Å². The van der Waals surface area contributed by atoms with E-state index in [1.54, 1.807) is 0 Å². The summed E-state index contributed by atoms with van der Waals surface area (Å²) in [5, 5.41) is 3.46. The van der Waals surface area contributed by atoms with Crippen LogP contribution in [0.3, 0.4) is 0 Å². The van der Waals surface area contributed by atoms with Gasteiger partial charge in [-0.25, -0.2) is 0 Å². The van der Waals surface area contributed by atoms with Crippen LogP contribution < -0.4 is 10.1 Å². The molecule has 0 aromatic heterocycles. The molecule has 0 saturated carbocycles. The molecule has 0 bridgehead atoms. The van der Waals surface area contributed by atoms with Gasteiger partial charge in [0.15, 0.2) is 0 Å². The molecule has 3 heteroatoms. The Balaban J connectivity index is 2.14. The van der Waals surface area contributed by atoms with Gasteiger partial charge in [0.05, 0.1) is 6.61 Å². The maximum absolute atomic E-state index is 5.60. The Labute approximate surface area is 116 Å². The van der Waals surface area contributed by atoms with Crippen molar-refractivity contribution >= 4 is 0 Å². The van der Waals surface area contributed by atoms with E-state index in [1.807, 2.05) is 13.0 Å². The summed E-state index contributed by atoms with van der Waals surface area (Å²) in [4.78, 5) is 2.40. The lowest BCUT2D eigenvalue weighted by Crippen LogP contribution is -2.53. The number of nitrogens with one attached hydrogen (secondary N) is 1. The van der Waals surface area contributed by atoms with Gasteiger partial charge < -0.3 is 15.0 Å². The van der Waals surface area contributed by atoms with Crippen LogP contribution in [0.25, 0.3) is 0 Å². The molecule has 2 rings (SSSR count). The van der Waals surface area contributed by atoms with E-state index in [4.69, 9.17) is 4.74 Å². The summed E-state index contributed by atoms with van der Waals surface area (Å²) >= 11 is 0. The normalized spacial score (nSPS) is 18.5. The molecule has 19 heavy (non-hydrogen) atoms. The molecule has 0 spiro atoms. The van der Waals surface area contributed by atoms with Crippen LogP contribution in [0.15, 0.2) is 24.3 Å². The van der Waals surface area contributed by atoms with Crippen LogP contribution >= 0.6 is 0 Å². The summed E-state index contributed by atoms with van der Waals surface area (Å²) in [5.74, 6) is 0.989. The van der Waals surface area contributed by atoms with E-state index in [9.17, 15) is 0 Å². The van der Waals surface area contributed by atoms with Crippen molar-refractivity contribution in [2.75, 3.05) is 33.8 Å². The van der Waals surface area contributed by atoms with Gasteiger partial charge in [-0.05, 0) is 71.1 Å². The van der Waals surface area contributed by atoms with Gasteiger partial charge in [-0.2, -0.15) is 0 Å². The second-order valence-electron chi connectivity index (χ2n) is 5.63. The Kier molecular flexibility index (Phi) is 4.83. The average Bonchev–Trinajstić information content (AvgIpc) is 2.40. The third-order valence-electron chi connectivity index (χ3n) is 4.23. The van der Waals surface area contributed by atoms with Crippen LogP contribution in [-0.4, -0.2) is 44.2 Å². The highest BCUT2D eigenvalue weighted by atomic mass is 16.5. The lowest BCUT2D eigenvalue weighted by molar-refractivity contribution is 0.108. The standard InChI is InChI=1S/C16H26N2O/c1-4-19-15-7-5-6-14(12-15)13-16(18(2)3)8-10-17-11-9-16/h5-7,12,17H,4,8-11,13H2,1-3H3. The zero-order valence-corrected chi connectivity index (χ0v) is 12.4. The Morgan fingerprint density at radius 1 is 1.26 bits per heavy atom. The molecule has 1 aliphatic rings. The van der Waals surface area contributed by atoms with Crippen LogP contribution in [0, 0.1) is 0 Å².